The van der Waals surface area contributed by atoms with Crippen LogP contribution in [0.1, 0.15) is 30.9 Å². The molecule has 0 aliphatic carbocycles. The van der Waals surface area contributed by atoms with Crippen molar-refractivity contribution in [2.45, 2.75) is 44.2 Å². The lowest BCUT2D eigenvalue weighted by Gasteiger charge is -2.44. The Morgan fingerprint density at radius 1 is 0.972 bits per heavy atom. The fourth-order valence-corrected chi connectivity index (χ4v) is 7.14. The molecule has 2 aliphatic rings. The summed E-state index contributed by atoms with van der Waals surface area (Å²) in [5.41, 5.74) is 2.97. The Hall–Kier alpha value is -3.23. The summed E-state index contributed by atoms with van der Waals surface area (Å²) in [4.78, 5) is 14.3. The van der Waals surface area contributed by atoms with Crippen LogP contribution < -0.4 is 4.90 Å². The van der Waals surface area contributed by atoms with Gasteiger partial charge in [0.25, 0.3) is 10.0 Å². The molecule has 6 rings (SSSR count). The first-order valence-corrected chi connectivity index (χ1v) is 14.0. The second kappa shape index (κ2) is 8.71. The fourth-order valence-electron chi connectivity index (χ4n) is 5.83. The van der Waals surface area contributed by atoms with E-state index in [0.717, 1.165) is 55.8 Å². The maximum atomic E-state index is 13.4. The van der Waals surface area contributed by atoms with Crippen molar-refractivity contribution in [3.05, 3.63) is 84.3 Å². The van der Waals surface area contributed by atoms with E-state index >= 15 is 0 Å². The molecule has 2 fully saturated rings. The average Bonchev–Trinajstić information content (AvgIpc) is 3.47. The molecule has 36 heavy (non-hydrogen) atoms. The maximum Gasteiger partial charge on any atom is 0.269 e. The molecule has 4 aromatic rings. The molecular weight excluding hydrogens is 470 g/mol. The molecule has 186 valence electrons. The predicted octanol–water partition coefficient (Wildman–Crippen LogP) is 4.47. The van der Waals surface area contributed by atoms with Crippen molar-refractivity contribution < 1.29 is 8.42 Å². The minimum absolute atomic E-state index is 0.209. The van der Waals surface area contributed by atoms with Crippen LogP contribution >= 0.6 is 0 Å². The SMILES string of the molecule is Cc1ccc(S(=O)(=O)n2ccc3c(N4CC[C@@]5(C)CCN(Cc6ccccc6)C[C@H]45)ncnc32)cc1. The van der Waals surface area contributed by atoms with Gasteiger partial charge in [0, 0.05) is 31.9 Å². The Labute approximate surface area is 212 Å². The summed E-state index contributed by atoms with van der Waals surface area (Å²) < 4.78 is 28.1. The highest BCUT2D eigenvalue weighted by atomic mass is 32.2. The van der Waals surface area contributed by atoms with Gasteiger partial charge >= 0.3 is 0 Å². The highest BCUT2D eigenvalue weighted by molar-refractivity contribution is 7.90. The van der Waals surface area contributed by atoms with Crippen LogP contribution in [0.2, 0.25) is 0 Å². The second-order valence-corrected chi connectivity index (χ2v) is 12.3. The Kier molecular flexibility index (Phi) is 5.61. The van der Waals surface area contributed by atoms with Gasteiger partial charge in [0.2, 0.25) is 0 Å². The number of benzene rings is 2. The zero-order valence-electron chi connectivity index (χ0n) is 20.7. The van der Waals surface area contributed by atoms with Crippen LogP contribution in [-0.2, 0) is 16.6 Å². The molecule has 0 N–H and O–H groups in total. The van der Waals surface area contributed by atoms with E-state index in [0.29, 0.717) is 11.7 Å². The van der Waals surface area contributed by atoms with E-state index in [1.165, 1.54) is 15.9 Å². The Morgan fingerprint density at radius 2 is 1.72 bits per heavy atom. The summed E-state index contributed by atoms with van der Waals surface area (Å²) >= 11 is 0. The average molecular weight is 502 g/mol. The number of aryl methyl sites for hydroxylation is 1. The van der Waals surface area contributed by atoms with E-state index in [2.05, 4.69) is 57.0 Å². The fraction of sp³-hybridized carbons (Fsp3) is 0.357. The summed E-state index contributed by atoms with van der Waals surface area (Å²) in [5, 5.41) is 0.776. The summed E-state index contributed by atoms with van der Waals surface area (Å²) in [6, 6.07) is 19.7. The number of anilines is 1. The Bertz CT molecular complexity index is 1500. The number of rotatable bonds is 5. The van der Waals surface area contributed by atoms with Crippen LogP contribution in [-0.4, -0.2) is 52.9 Å². The first-order valence-electron chi connectivity index (χ1n) is 12.5. The summed E-state index contributed by atoms with van der Waals surface area (Å²) in [6.07, 6.45) is 5.34. The number of hydrogen-bond acceptors (Lipinski definition) is 6. The summed E-state index contributed by atoms with van der Waals surface area (Å²) in [6.45, 7) is 8.22. The minimum Gasteiger partial charge on any atom is -0.351 e. The molecule has 2 saturated heterocycles. The lowest BCUT2D eigenvalue weighted by molar-refractivity contribution is 0.106. The van der Waals surface area contributed by atoms with Gasteiger partial charge in [-0.3, -0.25) is 4.90 Å². The van der Waals surface area contributed by atoms with Gasteiger partial charge in [-0.25, -0.2) is 22.4 Å². The Morgan fingerprint density at radius 3 is 2.50 bits per heavy atom. The molecule has 0 bridgehead atoms. The topological polar surface area (TPSA) is 71.3 Å². The van der Waals surface area contributed by atoms with Crippen molar-refractivity contribution in [2.24, 2.45) is 5.41 Å². The van der Waals surface area contributed by atoms with Gasteiger partial charge in [0.15, 0.2) is 5.65 Å². The standard InChI is InChI=1S/C28H31N5O2S/c1-21-8-10-23(11-9-21)36(34,35)33-15-12-24-26(29-20-30-27(24)33)32-17-14-28(2)13-16-31(19-25(28)32)18-22-6-4-3-5-7-22/h3-12,15,20,25H,13-14,16-19H2,1-2H3/t25-,28+/m0/s1. The number of likely N-dealkylation sites (tertiary alicyclic amines) is 1. The second-order valence-electron chi connectivity index (χ2n) is 10.4. The third kappa shape index (κ3) is 3.89. The van der Waals surface area contributed by atoms with Crippen LogP contribution in [0.3, 0.4) is 0 Å². The first-order chi connectivity index (χ1) is 17.3. The minimum atomic E-state index is -3.76. The molecule has 0 saturated carbocycles. The molecule has 4 heterocycles. The smallest absolute Gasteiger partial charge is 0.269 e. The number of nitrogens with zero attached hydrogens (tertiary/aromatic N) is 5. The quantitative estimate of drug-likeness (QED) is 0.402. The van der Waals surface area contributed by atoms with E-state index in [1.54, 1.807) is 18.3 Å². The molecule has 2 aromatic heterocycles. The first kappa shape index (κ1) is 23.2. The van der Waals surface area contributed by atoms with Crippen molar-refractivity contribution in [2.75, 3.05) is 24.5 Å². The zero-order valence-corrected chi connectivity index (χ0v) is 21.5. The normalized spacial score (nSPS) is 22.7. The summed E-state index contributed by atoms with van der Waals surface area (Å²) in [7, 11) is -3.76. The van der Waals surface area contributed by atoms with Crippen LogP contribution in [0, 0.1) is 12.3 Å². The number of aromatic nitrogens is 3. The lowest BCUT2D eigenvalue weighted by atomic mass is 9.76. The Balaban J connectivity index is 1.34. The molecule has 0 spiro atoms. The largest absolute Gasteiger partial charge is 0.351 e. The molecule has 7 nitrogen and oxygen atoms in total. The van der Waals surface area contributed by atoms with Gasteiger partial charge < -0.3 is 4.90 Å². The highest BCUT2D eigenvalue weighted by Gasteiger charge is 2.48. The van der Waals surface area contributed by atoms with Crippen molar-refractivity contribution in [3.63, 3.8) is 0 Å². The van der Waals surface area contributed by atoms with Gasteiger partial charge in [0.1, 0.15) is 12.1 Å². The van der Waals surface area contributed by atoms with Crippen molar-refractivity contribution in [1.82, 2.24) is 18.8 Å². The zero-order chi connectivity index (χ0) is 24.9. The van der Waals surface area contributed by atoms with Gasteiger partial charge in [-0.15, -0.1) is 0 Å². The molecule has 2 aromatic carbocycles. The van der Waals surface area contributed by atoms with Crippen molar-refractivity contribution >= 4 is 26.9 Å². The van der Waals surface area contributed by atoms with E-state index in [4.69, 9.17) is 0 Å². The highest BCUT2D eigenvalue weighted by Crippen LogP contribution is 2.45. The van der Waals surface area contributed by atoms with E-state index < -0.39 is 10.0 Å². The van der Waals surface area contributed by atoms with Gasteiger partial charge in [-0.05, 0) is 55.5 Å². The molecule has 2 atom stereocenters. The van der Waals surface area contributed by atoms with Gasteiger partial charge in [0.05, 0.1) is 10.3 Å². The predicted molar refractivity (Wildman–Crippen MR) is 141 cm³/mol. The molecule has 0 radical (unpaired) electrons. The summed E-state index contributed by atoms with van der Waals surface area (Å²) in [5.74, 6) is 0.827. The number of piperidine rings is 1. The number of hydrogen-bond donors (Lipinski definition) is 0. The molecule has 8 heteroatoms. The van der Waals surface area contributed by atoms with Crippen LogP contribution in [0.15, 0.2) is 78.1 Å². The third-order valence-corrected chi connectivity index (χ3v) is 9.74. The van der Waals surface area contributed by atoms with Crippen LogP contribution in [0.4, 0.5) is 5.82 Å². The lowest BCUT2D eigenvalue weighted by Crippen LogP contribution is -2.52. The van der Waals surface area contributed by atoms with Crippen molar-refractivity contribution in [3.8, 4) is 0 Å². The van der Waals surface area contributed by atoms with Gasteiger partial charge in [-0.2, -0.15) is 0 Å². The van der Waals surface area contributed by atoms with Crippen LogP contribution in [0.25, 0.3) is 11.0 Å². The number of fused-ring (bicyclic) bond motifs is 2. The monoisotopic (exact) mass is 501 g/mol. The molecular formula is C28H31N5O2S. The van der Waals surface area contributed by atoms with E-state index in [1.807, 2.05) is 25.1 Å². The molecule has 2 aliphatic heterocycles. The molecule has 0 amide bonds. The maximum absolute atomic E-state index is 13.4. The van der Waals surface area contributed by atoms with Crippen LogP contribution in [0.5, 0.6) is 0 Å². The van der Waals surface area contributed by atoms with E-state index in [-0.39, 0.29) is 10.3 Å². The van der Waals surface area contributed by atoms with E-state index in [9.17, 15) is 8.42 Å². The van der Waals surface area contributed by atoms with Gasteiger partial charge in [-0.1, -0.05) is 55.0 Å². The van der Waals surface area contributed by atoms with Crippen molar-refractivity contribution in [1.29, 1.82) is 0 Å². The molecule has 0 unspecified atom stereocenters. The third-order valence-electron chi connectivity index (χ3n) is 8.06.